The van der Waals surface area contributed by atoms with Gasteiger partial charge in [-0.3, -0.25) is 0 Å². The molecule has 0 amide bonds. The fourth-order valence-electron chi connectivity index (χ4n) is 2.05. The maximum atomic E-state index is 8.85. The molecule has 20 heavy (non-hydrogen) atoms. The van der Waals surface area contributed by atoms with Crippen molar-refractivity contribution in [2.45, 2.75) is 0 Å². The summed E-state index contributed by atoms with van der Waals surface area (Å²) in [5, 5.41) is 10.7. The van der Waals surface area contributed by atoms with E-state index < -0.39 is 0 Å². The number of fused-ring (bicyclic) bond motifs is 1. The zero-order valence-electron chi connectivity index (χ0n) is 10.6. The summed E-state index contributed by atoms with van der Waals surface area (Å²) < 4.78 is 5.84. The molecule has 1 aromatic heterocycles. The molecule has 4 nitrogen and oxygen atoms in total. The van der Waals surface area contributed by atoms with Crippen molar-refractivity contribution < 1.29 is 4.74 Å². The van der Waals surface area contributed by atoms with Gasteiger partial charge in [-0.1, -0.05) is 24.3 Å². The van der Waals surface area contributed by atoms with E-state index in [4.69, 9.17) is 15.7 Å². The molecule has 0 spiro atoms. The van der Waals surface area contributed by atoms with E-state index in [0.29, 0.717) is 22.9 Å². The lowest BCUT2D eigenvalue weighted by atomic mass is 10.1. The average molecular weight is 261 g/mol. The second-order valence-corrected chi connectivity index (χ2v) is 4.29. The molecule has 0 bridgehead atoms. The number of nitrogen functional groups attached to an aromatic ring is 1. The Labute approximate surface area is 116 Å². The number of ether oxygens (including phenoxy) is 1. The predicted octanol–water partition coefficient (Wildman–Crippen LogP) is 3.48. The number of nitriles is 1. The van der Waals surface area contributed by atoms with Gasteiger partial charge in [-0.05, 0) is 18.2 Å². The zero-order chi connectivity index (χ0) is 13.9. The molecule has 0 atom stereocenters. The Balaban J connectivity index is 2.07. The summed E-state index contributed by atoms with van der Waals surface area (Å²) in [4.78, 5) is 3.91. The molecule has 4 heteroatoms. The molecule has 0 fully saturated rings. The van der Waals surface area contributed by atoms with Gasteiger partial charge in [0.2, 0.25) is 0 Å². The Morgan fingerprint density at radius 3 is 2.65 bits per heavy atom. The highest BCUT2D eigenvalue weighted by molar-refractivity contribution is 5.97. The maximum Gasteiger partial charge on any atom is 0.144 e. The molecule has 0 aliphatic rings. The second kappa shape index (κ2) is 4.90. The highest BCUT2D eigenvalue weighted by Gasteiger charge is 2.06. The molecule has 3 rings (SSSR count). The third kappa shape index (κ3) is 2.13. The monoisotopic (exact) mass is 261 g/mol. The molecule has 0 saturated heterocycles. The van der Waals surface area contributed by atoms with Gasteiger partial charge in [0.25, 0.3) is 0 Å². The summed E-state index contributed by atoms with van der Waals surface area (Å²) in [5.41, 5.74) is 6.99. The number of anilines is 1. The van der Waals surface area contributed by atoms with Crippen LogP contribution in [0.4, 0.5) is 5.69 Å². The lowest BCUT2D eigenvalue weighted by molar-refractivity contribution is 0.487. The van der Waals surface area contributed by atoms with E-state index in [2.05, 4.69) is 4.98 Å². The molecule has 2 aromatic carbocycles. The number of benzene rings is 2. The fraction of sp³-hybridized carbons (Fsp3) is 0. The smallest absolute Gasteiger partial charge is 0.144 e. The van der Waals surface area contributed by atoms with Crippen LogP contribution in [0.25, 0.3) is 10.8 Å². The van der Waals surface area contributed by atoms with E-state index in [1.165, 1.54) is 0 Å². The van der Waals surface area contributed by atoms with Crippen LogP contribution in [0.3, 0.4) is 0 Å². The summed E-state index contributed by atoms with van der Waals surface area (Å²) in [6.45, 7) is 0. The number of nitrogens with zero attached hydrogens (tertiary/aromatic N) is 2. The van der Waals surface area contributed by atoms with E-state index in [0.717, 1.165) is 10.8 Å². The molecule has 2 N–H and O–H groups in total. The lowest BCUT2D eigenvalue weighted by Crippen LogP contribution is -1.91. The average Bonchev–Trinajstić information content (AvgIpc) is 2.51. The lowest BCUT2D eigenvalue weighted by Gasteiger charge is -2.10. The van der Waals surface area contributed by atoms with Crippen LogP contribution in [0, 0.1) is 11.3 Å². The minimum atomic E-state index is 0.322. The topological polar surface area (TPSA) is 71.9 Å². The van der Waals surface area contributed by atoms with Gasteiger partial charge in [0.15, 0.2) is 0 Å². The van der Waals surface area contributed by atoms with E-state index in [9.17, 15) is 0 Å². The molecule has 0 saturated carbocycles. The second-order valence-electron chi connectivity index (χ2n) is 4.29. The Hall–Kier alpha value is -3.06. The van der Waals surface area contributed by atoms with Gasteiger partial charge in [-0.2, -0.15) is 5.26 Å². The summed E-state index contributed by atoms with van der Waals surface area (Å²) in [5.74, 6) is 1.27. The van der Waals surface area contributed by atoms with E-state index in [1.807, 2.05) is 42.5 Å². The largest absolute Gasteiger partial charge is 0.457 e. The fourth-order valence-corrected chi connectivity index (χ4v) is 2.05. The number of hydrogen-bond donors (Lipinski definition) is 1. The number of rotatable bonds is 2. The third-order valence-electron chi connectivity index (χ3n) is 2.99. The standard InChI is InChI=1S/C16H11N3O/c17-10-11-9-12(7-8-19-11)20-16-6-5-15(18)13-3-1-2-4-14(13)16/h1-9H,18H2. The zero-order valence-corrected chi connectivity index (χ0v) is 10.6. The first-order chi connectivity index (χ1) is 9.78. The van der Waals surface area contributed by atoms with Crippen molar-refractivity contribution in [1.82, 2.24) is 4.98 Å². The van der Waals surface area contributed by atoms with Crippen LogP contribution in [0.2, 0.25) is 0 Å². The van der Waals surface area contributed by atoms with Crippen LogP contribution in [0.5, 0.6) is 11.5 Å². The minimum absolute atomic E-state index is 0.322. The molecule has 0 aliphatic heterocycles. The van der Waals surface area contributed by atoms with Crippen molar-refractivity contribution >= 4 is 16.5 Å². The van der Waals surface area contributed by atoms with Crippen molar-refractivity contribution in [2.75, 3.05) is 5.73 Å². The van der Waals surface area contributed by atoms with Crippen molar-refractivity contribution in [1.29, 1.82) is 5.26 Å². The van der Waals surface area contributed by atoms with E-state index in [1.54, 1.807) is 18.3 Å². The molecule has 3 aromatic rings. The maximum absolute atomic E-state index is 8.85. The van der Waals surface area contributed by atoms with Crippen molar-refractivity contribution in [3.05, 3.63) is 60.4 Å². The van der Waals surface area contributed by atoms with Crippen LogP contribution < -0.4 is 10.5 Å². The van der Waals surface area contributed by atoms with Crippen LogP contribution in [-0.4, -0.2) is 4.98 Å². The normalized spacial score (nSPS) is 10.2. The highest BCUT2D eigenvalue weighted by Crippen LogP contribution is 2.32. The van der Waals surface area contributed by atoms with Gasteiger partial charge in [-0.25, -0.2) is 4.98 Å². The first kappa shape index (κ1) is 12.0. The molecule has 1 heterocycles. The first-order valence-corrected chi connectivity index (χ1v) is 6.09. The molecular weight excluding hydrogens is 250 g/mol. The number of pyridine rings is 1. The van der Waals surface area contributed by atoms with E-state index >= 15 is 0 Å². The number of hydrogen-bond acceptors (Lipinski definition) is 4. The number of aromatic nitrogens is 1. The van der Waals surface area contributed by atoms with Gasteiger partial charge in [0.05, 0.1) is 0 Å². The Bertz CT molecular complexity index is 821. The number of nitrogens with two attached hydrogens (primary N) is 1. The van der Waals surface area contributed by atoms with E-state index in [-0.39, 0.29) is 0 Å². The van der Waals surface area contributed by atoms with Crippen LogP contribution in [0.1, 0.15) is 5.69 Å². The van der Waals surface area contributed by atoms with Crippen molar-refractivity contribution in [3.63, 3.8) is 0 Å². The van der Waals surface area contributed by atoms with Crippen molar-refractivity contribution in [2.24, 2.45) is 0 Å². The Morgan fingerprint density at radius 1 is 1.05 bits per heavy atom. The molecular formula is C16H11N3O. The summed E-state index contributed by atoms with van der Waals surface area (Å²) >= 11 is 0. The molecule has 96 valence electrons. The third-order valence-corrected chi connectivity index (χ3v) is 2.99. The first-order valence-electron chi connectivity index (χ1n) is 6.09. The summed E-state index contributed by atoms with van der Waals surface area (Å²) in [7, 11) is 0. The molecule has 0 radical (unpaired) electrons. The molecule has 0 unspecified atom stereocenters. The van der Waals surface area contributed by atoms with Crippen LogP contribution in [-0.2, 0) is 0 Å². The predicted molar refractivity (Wildman–Crippen MR) is 77.4 cm³/mol. The van der Waals surface area contributed by atoms with Gasteiger partial charge in [0.1, 0.15) is 23.3 Å². The minimum Gasteiger partial charge on any atom is -0.457 e. The van der Waals surface area contributed by atoms with Gasteiger partial charge in [-0.15, -0.1) is 0 Å². The summed E-state index contributed by atoms with van der Waals surface area (Å²) in [6, 6.07) is 16.7. The van der Waals surface area contributed by atoms with Gasteiger partial charge in [0, 0.05) is 28.7 Å². The van der Waals surface area contributed by atoms with Crippen LogP contribution >= 0.6 is 0 Å². The van der Waals surface area contributed by atoms with Crippen molar-refractivity contribution in [3.8, 4) is 17.6 Å². The van der Waals surface area contributed by atoms with Crippen LogP contribution in [0.15, 0.2) is 54.7 Å². The quantitative estimate of drug-likeness (QED) is 0.717. The Morgan fingerprint density at radius 2 is 1.85 bits per heavy atom. The SMILES string of the molecule is N#Cc1cc(Oc2ccc(N)c3ccccc23)ccn1. The highest BCUT2D eigenvalue weighted by atomic mass is 16.5. The summed E-state index contributed by atoms with van der Waals surface area (Å²) in [6.07, 6.45) is 1.55. The molecule has 0 aliphatic carbocycles. The van der Waals surface area contributed by atoms with Gasteiger partial charge >= 0.3 is 0 Å². The Kier molecular flexibility index (Phi) is 2.94. The van der Waals surface area contributed by atoms with Gasteiger partial charge < -0.3 is 10.5 Å².